The second kappa shape index (κ2) is 6.93. The number of carbonyl (C=O) groups excluding carboxylic acids is 1. The van der Waals surface area contributed by atoms with Crippen molar-refractivity contribution in [3.05, 3.63) is 60.2 Å². The molecule has 0 saturated carbocycles. The number of aromatic nitrogens is 4. The summed E-state index contributed by atoms with van der Waals surface area (Å²) in [6.45, 7) is 1.47. The number of rotatable bonds is 3. The van der Waals surface area contributed by atoms with Gasteiger partial charge in [0, 0.05) is 25.5 Å². The average Bonchev–Trinajstić information content (AvgIpc) is 2.68. The summed E-state index contributed by atoms with van der Waals surface area (Å²) in [7, 11) is 0. The molecule has 1 amide bonds. The Bertz CT molecular complexity index is 875. The van der Waals surface area contributed by atoms with E-state index in [1.54, 1.807) is 6.20 Å². The van der Waals surface area contributed by atoms with E-state index >= 15 is 0 Å². The van der Waals surface area contributed by atoms with Crippen molar-refractivity contribution in [2.24, 2.45) is 5.92 Å². The van der Waals surface area contributed by atoms with Gasteiger partial charge in [-0.3, -0.25) is 9.78 Å². The number of pyridine rings is 1. The first-order valence-electron chi connectivity index (χ1n) is 8.57. The molecule has 3 aromatic rings. The molecule has 0 aliphatic carbocycles. The molecule has 0 spiro atoms. The minimum absolute atomic E-state index is 0.127. The molecule has 1 aliphatic heterocycles. The van der Waals surface area contributed by atoms with E-state index in [2.05, 4.69) is 26.2 Å². The summed E-state index contributed by atoms with van der Waals surface area (Å²) >= 11 is 0. The molecule has 3 heterocycles. The smallest absolute Gasteiger partial charge is 0.293 e. The molecule has 0 N–H and O–H groups in total. The van der Waals surface area contributed by atoms with Gasteiger partial charge in [-0.15, -0.1) is 10.2 Å². The summed E-state index contributed by atoms with van der Waals surface area (Å²) in [4.78, 5) is 23.0. The number of piperidine rings is 1. The van der Waals surface area contributed by atoms with Crippen molar-refractivity contribution < 1.29 is 4.79 Å². The maximum atomic E-state index is 12.7. The molecule has 1 aromatic carbocycles. The van der Waals surface area contributed by atoms with E-state index in [1.807, 2.05) is 41.4 Å². The topological polar surface area (TPSA) is 71.9 Å². The predicted octanol–water partition coefficient (Wildman–Crippen LogP) is 2.51. The van der Waals surface area contributed by atoms with Gasteiger partial charge in [0.25, 0.3) is 5.91 Å². The third-order valence-corrected chi connectivity index (χ3v) is 4.70. The van der Waals surface area contributed by atoms with E-state index in [4.69, 9.17) is 0 Å². The summed E-state index contributed by atoms with van der Waals surface area (Å²) in [6.07, 6.45) is 6.71. The highest BCUT2D eigenvalue weighted by molar-refractivity contribution is 5.91. The van der Waals surface area contributed by atoms with Crippen LogP contribution in [0.5, 0.6) is 0 Å². The lowest BCUT2D eigenvalue weighted by Gasteiger charge is -2.31. The number of nitrogens with zero attached hydrogens (tertiary/aromatic N) is 5. The first-order chi connectivity index (χ1) is 12.3. The predicted molar refractivity (Wildman–Crippen MR) is 93.9 cm³/mol. The summed E-state index contributed by atoms with van der Waals surface area (Å²) in [5, 5.41) is 8.11. The minimum Gasteiger partial charge on any atom is -0.336 e. The average molecular weight is 333 g/mol. The number of hydrogen-bond acceptors (Lipinski definition) is 5. The SMILES string of the molecule is O=C(c1nnc2ccccc2n1)N1CCC(Cc2cccnc2)CC1. The molecule has 6 heteroatoms. The Balaban J connectivity index is 1.40. The summed E-state index contributed by atoms with van der Waals surface area (Å²) in [5.41, 5.74) is 2.66. The van der Waals surface area contributed by atoms with Gasteiger partial charge in [0.05, 0.1) is 5.52 Å². The molecule has 1 aliphatic rings. The molecule has 2 aromatic heterocycles. The largest absolute Gasteiger partial charge is 0.336 e. The Hall–Kier alpha value is -2.89. The zero-order valence-corrected chi connectivity index (χ0v) is 13.9. The third kappa shape index (κ3) is 3.47. The molecular formula is C19H19N5O. The van der Waals surface area contributed by atoms with Crippen LogP contribution < -0.4 is 0 Å². The fourth-order valence-corrected chi connectivity index (χ4v) is 3.31. The summed E-state index contributed by atoms with van der Waals surface area (Å²) in [5.74, 6) is 0.645. The van der Waals surface area contributed by atoms with Gasteiger partial charge >= 0.3 is 0 Å². The van der Waals surface area contributed by atoms with Crippen LogP contribution in [-0.2, 0) is 6.42 Å². The zero-order chi connectivity index (χ0) is 17.1. The number of benzene rings is 1. The van der Waals surface area contributed by atoms with E-state index < -0.39 is 0 Å². The van der Waals surface area contributed by atoms with Crippen LogP contribution in [0, 0.1) is 5.92 Å². The van der Waals surface area contributed by atoms with E-state index in [0.29, 0.717) is 17.0 Å². The van der Waals surface area contributed by atoms with Crippen molar-refractivity contribution in [1.29, 1.82) is 0 Å². The van der Waals surface area contributed by atoms with Crippen molar-refractivity contribution in [2.75, 3.05) is 13.1 Å². The normalized spacial score (nSPS) is 15.4. The first kappa shape index (κ1) is 15.6. The summed E-state index contributed by atoms with van der Waals surface area (Å²) in [6, 6.07) is 11.5. The van der Waals surface area contributed by atoms with Gasteiger partial charge in [0.15, 0.2) is 0 Å². The van der Waals surface area contributed by atoms with Gasteiger partial charge in [-0.2, -0.15) is 0 Å². The number of hydrogen-bond donors (Lipinski definition) is 0. The van der Waals surface area contributed by atoms with E-state index in [1.165, 1.54) is 5.56 Å². The highest BCUT2D eigenvalue weighted by Crippen LogP contribution is 2.22. The van der Waals surface area contributed by atoms with Crippen LogP contribution in [0.4, 0.5) is 0 Å². The molecule has 126 valence electrons. The van der Waals surface area contributed by atoms with Gasteiger partial charge in [-0.25, -0.2) is 4.98 Å². The van der Waals surface area contributed by atoms with E-state index in [-0.39, 0.29) is 11.7 Å². The Kier molecular flexibility index (Phi) is 4.33. The van der Waals surface area contributed by atoms with Crippen molar-refractivity contribution in [3.63, 3.8) is 0 Å². The molecule has 1 saturated heterocycles. The van der Waals surface area contributed by atoms with Gasteiger partial charge in [-0.05, 0) is 48.9 Å². The number of carbonyl (C=O) groups is 1. The van der Waals surface area contributed by atoms with Crippen LogP contribution in [0.25, 0.3) is 11.0 Å². The van der Waals surface area contributed by atoms with Gasteiger partial charge in [0.2, 0.25) is 5.82 Å². The van der Waals surface area contributed by atoms with Crippen molar-refractivity contribution in [3.8, 4) is 0 Å². The van der Waals surface area contributed by atoms with Crippen LogP contribution >= 0.6 is 0 Å². The first-order valence-corrected chi connectivity index (χ1v) is 8.57. The zero-order valence-electron chi connectivity index (χ0n) is 13.9. The van der Waals surface area contributed by atoms with Gasteiger partial charge < -0.3 is 4.90 Å². The Labute approximate surface area is 145 Å². The molecule has 1 fully saturated rings. The molecule has 0 unspecified atom stereocenters. The van der Waals surface area contributed by atoms with Crippen molar-refractivity contribution in [2.45, 2.75) is 19.3 Å². The van der Waals surface area contributed by atoms with E-state index in [9.17, 15) is 4.79 Å². The molecule has 0 radical (unpaired) electrons. The molecular weight excluding hydrogens is 314 g/mol. The lowest BCUT2D eigenvalue weighted by Crippen LogP contribution is -2.39. The van der Waals surface area contributed by atoms with Gasteiger partial charge in [-0.1, -0.05) is 18.2 Å². The number of amides is 1. The number of likely N-dealkylation sites (tertiary alicyclic amines) is 1. The quantitative estimate of drug-likeness (QED) is 0.736. The molecule has 0 bridgehead atoms. The molecule has 6 nitrogen and oxygen atoms in total. The Morgan fingerprint density at radius 1 is 1.04 bits per heavy atom. The van der Waals surface area contributed by atoms with Crippen molar-refractivity contribution >= 4 is 16.9 Å². The number of para-hydroxylation sites is 1. The maximum Gasteiger partial charge on any atom is 0.293 e. The monoisotopic (exact) mass is 333 g/mol. The Morgan fingerprint density at radius 2 is 1.84 bits per heavy atom. The van der Waals surface area contributed by atoms with Crippen LogP contribution in [-0.4, -0.2) is 44.1 Å². The minimum atomic E-state index is -0.127. The Morgan fingerprint density at radius 3 is 2.60 bits per heavy atom. The maximum absolute atomic E-state index is 12.7. The number of fused-ring (bicyclic) bond motifs is 1. The van der Waals surface area contributed by atoms with Crippen molar-refractivity contribution in [1.82, 2.24) is 25.1 Å². The van der Waals surface area contributed by atoms with Crippen LogP contribution in [0.3, 0.4) is 0 Å². The standard InChI is InChI=1S/C19H19N5O/c25-19(18-21-16-5-1-2-6-17(16)22-23-18)24-10-7-14(8-11-24)12-15-4-3-9-20-13-15/h1-6,9,13-14H,7-8,10-12H2. The summed E-state index contributed by atoms with van der Waals surface area (Å²) < 4.78 is 0. The van der Waals surface area contributed by atoms with Crippen LogP contribution in [0.2, 0.25) is 0 Å². The van der Waals surface area contributed by atoms with Gasteiger partial charge in [0.1, 0.15) is 5.52 Å². The second-order valence-electron chi connectivity index (χ2n) is 6.43. The highest BCUT2D eigenvalue weighted by Gasteiger charge is 2.25. The fraction of sp³-hybridized carbons (Fsp3) is 0.316. The lowest BCUT2D eigenvalue weighted by atomic mass is 9.90. The lowest BCUT2D eigenvalue weighted by molar-refractivity contribution is 0.0677. The van der Waals surface area contributed by atoms with E-state index in [0.717, 1.165) is 32.4 Å². The van der Waals surface area contributed by atoms with Crippen LogP contribution in [0.15, 0.2) is 48.8 Å². The molecule has 0 atom stereocenters. The second-order valence-corrected chi connectivity index (χ2v) is 6.43. The highest BCUT2D eigenvalue weighted by atomic mass is 16.2. The fourth-order valence-electron chi connectivity index (χ4n) is 3.31. The molecule has 25 heavy (non-hydrogen) atoms. The van der Waals surface area contributed by atoms with Crippen LogP contribution in [0.1, 0.15) is 29.0 Å². The molecule has 4 rings (SSSR count). The third-order valence-electron chi connectivity index (χ3n) is 4.70.